The molecule has 3 rings (SSSR count). The van der Waals surface area contributed by atoms with E-state index in [0.717, 1.165) is 5.56 Å². The Labute approximate surface area is 141 Å². The van der Waals surface area contributed by atoms with Gasteiger partial charge in [0.05, 0.1) is 5.92 Å². The van der Waals surface area contributed by atoms with E-state index in [2.05, 4.69) is 10.1 Å². The van der Waals surface area contributed by atoms with Gasteiger partial charge in [-0.15, -0.1) is 0 Å². The minimum atomic E-state index is -0.0616. The van der Waals surface area contributed by atoms with Crippen LogP contribution in [0.1, 0.15) is 65.8 Å². The van der Waals surface area contributed by atoms with Gasteiger partial charge in [-0.1, -0.05) is 67.5 Å². The fourth-order valence-corrected chi connectivity index (χ4v) is 2.51. The third kappa shape index (κ3) is 3.27. The molecular formula is C20H20N2O2. The number of ketones is 1. The third-order valence-electron chi connectivity index (χ3n) is 4.03. The van der Waals surface area contributed by atoms with E-state index in [1.807, 2.05) is 75.4 Å². The second kappa shape index (κ2) is 6.79. The number of carbonyl (C=O) groups excluding carboxylic acids is 1. The van der Waals surface area contributed by atoms with Crippen LogP contribution in [0, 0.1) is 0 Å². The zero-order chi connectivity index (χ0) is 17.1. The molecule has 0 saturated carbocycles. The van der Waals surface area contributed by atoms with Gasteiger partial charge in [-0.25, -0.2) is 0 Å². The van der Waals surface area contributed by atoms with Crippen molar-refractivity contribution in [1.29, 1.82) is 0 Å². The van der Waals surface area contributed by atoms with Gasteiger partial charge in [0.2, 0.25) is 5.89 Å². The van der Waals surface area contributed by atoms with Crippen LogP contribution in [0.2, 0.25) is 0 Å². The predicted molar refractivity (Wildman–Crippen MR) is 92.2 cm³/mol. The minimum Gasteiger partial charge on any atom is -0.339 e. The molecule has 3 aromatic rings. The van der Waals surface area contributed by atoms with Crippen LogP contribution in [0.4, 0.5) is 0 Å². The van der Waals surface area contributed by atoms with Crippen molar-refractivity contribution >= 4 is 5.78 Å². The van der Waals surface area contributed by atoms with E-state index in [4.69, 9.17) is 4.52 Å². The lowest BCUT2D eigenvalue weighted by molar-refractivity contribution is 0.103. The van der Waals surface area contributed by atoms with Crippen LogP contribution in [-0.4, -0.2) is 15.9 Å². The zero-order valence-electron chi connectivity index (χ0n) is 14.1. The van der Waals surface area contributed by atoms with Gasteiger partial charge in [0.25, 0.3) is 0 Å². The van der Waals surface area contributed by atoms with Crippen LogP contribution in [-0.2, 0) is 0 Å². The number of carbonyl (C=O) groups is 1. The van der Waals surface area contributed by atoms with Crippen LogP contribution in [0.3, 0.4) is 0 Å². The van der Waals surface area contributed by atoms with Gasteiger partial charge in [0, 0.05) is 17.0 Å². The molecule has 0 spiro atoms. The fourth-order valence-electron chi connectivity index (χ4n) is 2.51. The van der Waals surface area contributed by atoms with Crippen LogP contribution < -0.4 is 0 Å². The molecule has 0 bridgehead atoms. The average molecular weight is 320 g/mol. The summed E-state index contributed by atoms with van der Waals surface area (Å²) in [5.74, 6) is 1.45. The van der Waals surface area contributed by atoms with Gasteiger partial charge in [0.1, 0.15) is 0 Å². The number of hydrogen-bond donors (Lipinski definition) is 0. The number of benzene rings is 2. The molecule has 0 saturated heterocycles. The Morgan fingerprint density at radius 1 is 0.958 bits per heavy atom. The molecule has 0 radical (unpaired) electrons. The summed E-state index contributed by atoms with van der Waals surface area (Å²) in [5.41, 5.74) is 2.33. The first kappa shape index (κ1) is 16.1. The largest absolute Gasteiger partial charge is 0.339 e. The van der Waals surface area contributed by atoms with Crippen molar-refractivity contribution in [3.63, 3.8) is 0 Å². The lowest BCUT2D eigenvalue weighted by Crippen LogP contribution is -2.04. The second-order valence-corrected chi connectivity index (χ2v) is 6.19. The number of aromatic nitrogens is 2. The Balaban J connectivity index is 1.88. The molecule has 1 unspecified atom stereocenters. The quantitative estimate of drug-likeness (QED) is 0.646. The third-order valence-corrected chi connectivity index (χ3v) is 4.03. The highest BCUT2D eigenvalue weighted by Crippen LogP contribution is 2.25. The molecule has 0 fully saturated rings. The summed E-state index contributed by atoms with van der Waals surface area (Å²) >= 11 is 0. The Morgan fingerprint density at radius 2 is 1.67 bits per heavy atom. The first-order chi connectivity index (χ1) is 11.6. The monoisotopic (exact) mass is 320 g/mol. The number of rotatable bonds is 5. The van der Waals surface area contributed by atoms with Gasteiger partial charge < -0.3 is 4.52 Å². The number of hydrogen-bond acceptors (Lipinski definition) is 4. The van der Waals surface area contributed by atoms with E-state index < -0.39 is 0 Å². The molecule has 122 valence electrons. The average Bonchev–Trinajstić information content (AvgIpc) is 3.12. The van der Waals surface area contributed by atoms with E-state index >= 15 is 0 Å². The SMILES string of the molecule is CC(C)c1noc(C(C)c2cccc(C(=O)c3ccccc3)c2)n1. The summed E-state index contributed by atoms with van der Waals surface area (Å²) in [6.45, 7) is 6.06. The highest BCUT2D eigenvalue weighted by atomic mass is 16.5. The van der Waals surface area contributed by atoms with Crippen molar-refractivity contribution in [2.75, 3.05) is 0 Å². The van der Waals surface area contributed by atoms with Crippen molar-refractivity contribution in [2.45, 2.75) is 32.6 Å². The molecule has 0 N–H and O–H groups in total. The lowest BCUT2D eigenvalue weighted by Gasteiger charge is -2.09. The maximum atomic E-state index is 12.6. The molecule has 4 heteroatoms. The summed E-state index contributed by atoms with van der Waals surface area (Å²) in [6, 6.07) is 16.9. The molecule has 1 heterocycles. The zero-order valence-corrected chi connectivity index (χ0v) is 14.1. The molecule has 1 aromatic heterocycles. The van der Waals surface area contributed by atoms with Crippen molar-refractivity contribution in [1.82, 2.24) is 10.1 Å². The highest BCUT2D eigenvalue weighted by molar-refractivity contribution is 6.09. The Bertz CT molecular complexity index is 838. The van der Waals surface area contributed by atoms with Gasteiger partial charge in [-0.05, 0) is 18.6 Å². The maximum absolute atomic E-state index is 12.6. The van der Waals surface area contributed by atoms with Crippen LogP contribution >= 0.6 is 0 Å². The Kier molecular flexibility index (Phi) is 4.56. The summed E-state index contributed by atoms with van der Waals surface area (Å²) in [7, 11) is 0. The molecule has 0 amide bonds. The van der Waals surface area contributed by atoms with Gasteiger partial charge in [-0.3, -0.25) is 4.79 Å². The predicted octanol–water partition coefficient (Wildman–Crippen LogP) is 4.58. The molecule has 1 atom stereocenters. The summed E-state index contributed by atoms with van der Waals surface area (Å²) in [6.07, 6.45) is 0. The molecule has 4 nitrogen and oxygen atoms in total. The van der Waals surface area contributed by atoms with Gasteiger partial charge >= 0.3 is 0 Å². The van der Waals surface area contributed by atoms with E-state index in [1.54, 1.807) is 0 Å². The molecule has 24 heavy (non-hydrogen) atoms. The summed E-state index contributed by atoms with van der Waals surface area (Å²) in [4.78, 5) is 17.1. The van der Waals surface area contributed by atoms with Crippen molar-refractivity contribution in [3.05, 3.63) is 83.0 Å². The topological polar surface area (TPSA) is 56.0 Å². The minimum absolute atomic E-state index is 0.0121. The van der Waals surface area contributed by atoms with Crippen molar-refractivity contribution in [3.8, 4) is 0 Å². The Hall–Kier alpha value is -2.75. The van der Waals surface area contributed by atoms with Gasteiger partial charge in [0.15, 0.2) is 11.6 Å². The summed E-state index contributed by atoms with van der Waals surface area (Å²) in [5, 5.41) is 4.01. The first-order valence-corrected chi connectivity index (χ1v) is 8.09. The normalized spacial score (nSPS) is 12.3. The second-order valence-electron chi connectivity index (χ2n) is 6.19. The first-order valence-electron chi connectivity index (χ1n) is 8.09. The molecular weight excluding hydrogens is 300 g/mol. The van der Waals surface area contributed by atoms with E-state index in [1.165, 1.54) is 0 Å². The lowest BCUT2D eigenvalue weighted by atomic mass is 9.95. The molecule has 0 aliphatic rings. The summed E-state index contributed by atoms with van der Waals surface area (Å²) < 4.78 is 5.38. The standard InChI is InChI=1S/C20H20N2O2/c1-13(2)19-21-20(24-22-19)14(3)16-10-7-11-17(12-16)18(23)15-8-5-4-6-9-15/h4-14H,1-3H3. The van der Waals surface area contributed by atoms with E-state index in [-0.39, 0.29) is 17.6 Å². The van der Waals surface area contributed by atoms with Crippen molar-refractivity contribution in [2.24, 2.45) is 0 Å². The van der Waals surface area contributed by atoms with E-state index in [9.17, 15) is 4.79 Å². The van der Waals surface area contributed by atoms with Gasteiger partial charge in [-0.2, -0.15) is 4.98 Å². The molecule has 0 aliphatic heterocycles. The maximum Gasteiger partial charge on any atom is 0.233 e. The fraction of sp³-hybridized carbons (Fsp3) is 0.250. The molecule has 0 aliphatic carbocycles. The van der Waals surface area contributed by atoms with Crippen LogP contribution in [0.25, 0.3) is 0 Å². The van der Waals surface area contributed by atoms with Crippen LogP contribution in [0.5, 0.6) is 0 Å². The smallest absolute Gasteiger partial charge is 0.233 e. The Morgan fingerprint density at radius 3 is 2.33 bits per heavy atom. The van der Waals surface area contributed by atoms with Crippen LogP contribution in [0.15, 0.2) is 59.1 Å². The number of nitrogens with zero attached hydrogens (tertiary/aromatic N) is 2. The van der Waals surface area contributed by atoms with Crippen molar-refractivity contribution < 1.29 is 9.32 Å². The highest BCUT2D eigenvalue weighted by Gasteiger charge is 2.19. The van der Waals surface area contributed by atoms with E-state index in [0.29, 0.717) is 22.8 Å². The molecule has 2 aromatic carbocycles.